The Bertz CT molecular complexity index is 637. The third-order valence-corrected chi connectivity index (χ3v) is 3.84. The lowest BCUT2D eigenvalue weighted by molar-refractivity contribution is -0.139. The van der Waals surface area contributed by atoms with Gasteiger partial charge in [-0.05, 0) is 30.5 Å². The molecule has 20 heavy (non-hydrogen) atoms. The Morgan fingerprint density at radius 1 is 1.25 bits per heavy atom. The van der Waals surface area contributed by atoms with E-state index < -0.39 is 17.9 Å². The van der Waals surface area contributed by atoms with Crippen LogP contribution in [-0.4, -0.2) is 22.1 Å². The Hall–Kier alpha value is -2.34. The van der Waals surface area contributed by atoms with Crippen molar-refractivity contribution < 1.29 is 19.8 Å². The van der Waals surface area contributed by atoms with Gasteiger partial charge in [0.15, 0.2) is 6.04 Å². The highest BCUT2D eigenvalue weighted by molar-refractivity contribution is 7.10. The number of carbonyl (C=O) groups excluding carboxylic acids is 1. The minimum Gasteiger partial charge on any atom is -0.508 e. The van der Waals surface area contributed by atoms with Crippen LogP contribution in [0, 0.1) is 6.92 Å². The number of phenols is 1. The Balaban J connectivity index is 2.25. The van der Waals surface area contributed by atoms with Crippen LogP contribution in [-0.2, 0) is 4.79 Å². The maximum absolute atomic E-state index is 12.1. The molecule has 1 amide bonds. The van der Waals surface area contributed by atoms with Gasteiger partial charge < -0.3 is 15.5 Å². The van der Waals surface area contributed by atoms with Gasteiger partial charge >= 0.3 is 5.97 Å². The van der Waals surface area contributed by atoms with Gasteiger partial charge in [0.2, 0.25) is 0 Å². The van der Waals surface area contributed by atoms with Crippen LogP contribution >= 0.6 is 11.3 Å². The molecule has 0 saturated carbocycles. The fourth-order valence-electron chi connectivity index (χ4n) is 1.79. The number of rotatable bonds is 4. The van der Waals surface area contributed by atoms with Crippen molar-refractivity contribution in [1.82, 2.24) is 5.32 Å². The second kappa shape index (κ2) is 5.75. The topological polar surface area (TPSA) is 86.6 Å². The van der Waals surface area contributed by atoms with Gasteiger partial charge in [-0.15, -0.1) is 11.3 Å². The van der Waals surface area contributed by atoms with Crippen LogP contribution in [0.25, 0.3) is 0 Å². The first-order valence-electron chi connectivity index (χ1n) is 5.86. The Kier molecular flexibility index (Phi) is 4.05. The maximum atomic E-state index is 12.1. The second-order valence-corrected chi connectivity index (χ2v) is 5.19. The molecule has 6 heteroatoms. The van der Waals surface area contributed by atoms with E-state index in [-0.39, 0.29) is 11.3 Å². The van der Waals surface area contributed by atoms with Crippen LogP contribution in [0.1, 0.15) is 26.8 Å². The van der Waals surface area contributed by atoms with E-state index in [2.05, 4.69) is 5.32 Å². The minimum absolute atomic E-state index is 0.000601. The molecule has 3 N–H and O–H groups in total. The Morgan fingerprint density at radius 2 is 2.00 bits per heavy atom. The van der Waals surface area contributed by atoms with Crippen molar-refractivity contribution in [3.63, 3.8) is 0 Å². The van der Waals surface area contributed by atoms with Crippen molar-refractivity contribution in [2.75, 3.05) is 0 Å². The molecule has 2 rings (SSSR count). The molecule has 0 spiro atoms. The fourth-order valence-corrected chi connectivity index (χ4v) is 2.56. The number of amides is 1. The molecule has 104 valence electrons. The third kappa shape index (κ3) is 2.80. The van der Waals surface area contributed by atoms with Gasteiger partial charge in [-0.1, -0.05) is 12.1 Å². The third-order valence-electron chi connectivity index (χ3n) is 2.90. The number of hydrogen-bond acceptors (Lipinski definition) is 4. The van der Waals surface area contributed by atoms with Gasteiger partial charge in [-0.25, -0.2) is 4.79 Å². The van der Waals surface area contributed by atoms with Gasteiger partial charge in [0.05, 0.1) is 0 Å². The quantitative estimate of drug-likeness (QED) is 0.807. The molecule has 0 aliphatic heterocycles. The van der Waals surface area contributed by atoms with Crippen LogP contribution in [0.15, 0.2) is 35.7 Å². The number of carboxylic acid groups (broad SMARTS) is 1. The van der Waals surface area contributed by atoms with Crippen molar-refractivity contribution >= 4 is 23.2 Å². The first kappa shape index (κ1) is 14.1. The maximum Gasteiger partial charge on any atom is 0.331 e. The summed E-state index contributed by atoms with van der Waals surface area (Å²) in [5, 5.41) is 23.0. The van der Waals surface area contributed by atoms with Crippen LogP contribution in [0.3, 0.4) is 0 Å². The molecule has 1 unspecified atom stereocenters. The summed E-state index contributed by atoms with van der Waals surface area (Å²) in [6.45, 7) is 1.60. The van der Waals surface area contributed by atoms with Gasteiger partial charge in [0.25, 0.3) is 5.91 Å². The molecule has 1 aromatic heterocycles. The lowest BCUT2D eigenvalue weighted by Crippen LogP contribution is -2.33. The van der Waals surface area contributed by atoms with E-state index in [1.54, 1.807) is 24.4 Å². The molecule has 2 aromatic rings. The highest BCUT2D eigenvalue weighted by Crippen LogP contribution is 2.22. The zero-order valence-electron chi connectivity index (χ0n) is 10.7. The van der Waals surface area contributed by atoms with Crippen molar-refractivity contribution in [3.8, 4) is 5.75 Å². The lowest BCUT2D eigenvalue weighted by atomic mass is 10.1. The summed E-state index contributed by atoms with van der Waals surface area (Å²) in [4.78, 5) is 24.0. The second-order valence-electron chi connectivity index (χ2n) is 4.21. The van der Waals surface area contributed by atoms with E-state index >= 15 is 0 Å². The van der Waals surface area contributed by atoms with Crippen LogP contribution < -0.4 is 5.32 Å². The van der Waals surface area contributed by atoms with Crippen molar-refractivity contribution in [1.29, 1.82) is 0 Å². The predicted molar refractivity (Wildman–Crippen MR) is 75.0 cm³/mol. The van der Waals surface area contributed by atoms with E-state index in [0.29, 0.717) is 10.4 Å². The fraction of sp³-hybridized carbons (Fsp3) is 0.143. The monoisotopic (exact) mass is 291 g/mol. The number of nitrogens with one attached hydrogen (secondary N) is 1. The molecule has 0 bridgehead atoms. The molecule has 1 heterocycles. The molecule has 1 atom stereocenters. The molecular weight excluding hydrogens is 278 g/mol. The number of aromatic hydroxyl groups is 1. The standard InChI is InChI=1S/C14H13NO4S/c1-8-9(4-2-5-10(8)16)13(17)15-12(14(18)19)11-6-3-7-20-11/h2-7,12,16H,1H3,(H,15,17)(H,18,19). The zero-order chi connectivity index (χ0) is 14.7. The summed E-state index contributed by atoms with van der Waals surface area (Å²) in [5.41, 5.74) is 0.674. The van der Waals surface area contributed by atoms with Crippen molar-refractivity contribution in [3.05, 3.63) is 51.7 Å². The molecule has 1 aromatic carbocycles. The number of carboxylic acids is 1. The van der Waals surface area contributed by atoms with Crippen LogP contribution in [0.5, 0.6) is 5.75 Å². The van der Waals surface area contributed by atoms with E-state index in [0.717, 1.165) is 0 Å². The summed E-state index contributed by atoms with van der Waals surface area (Å²) in [7, 11) is 0. The highest BCUT2D eigenvalue weighted by atomic mass is 32.1. The van der Waals surface area contributed by atoms with E-state index in [1.807, 2.05) is 0 Å². The lowest BCUT2D eigenvalue weighted by Gasteiger charge is -2.14. The van der Waals surface area contributed by atoms with Gasteiger partial charge in [0.1, 0.15) is 5.75 Å². The largest absolute Gasteiger partial charge is 0.508 e. The molecule has 0 fully saturated rings. The first-order valence-corrected chi connectivity index (χ1v) is 6.74. The molecule has 5 nitrogen and oxygen atoms in total. The summed E-state index contributed by atoms with van der Waals surface area (Å²) < 4.78 is 0. The zero-order valence-corrected chi connectivity index (χ0v) is 11.5. The number of hydrogen-bond donors (Lipinski definition) is 3. The molecule has 0 aliphatic rings. The summed E-state index contributed by atoms with van der Waals surface area (Å²) in [6.07, 6.45) is 0. The van der Waals surface area contributed by atoms with E-state index in [9.17, 15) is 19.8 Å². The summed E-state index contributed by atoms with van der Waals surface area (Å²) >= 11 is 1.26. The number of benzene rings is 1. The van der Waals surface area contributed by atoms with Gasteiger partial charge in [-0.2, -0.15) is 0 Å². The van der Waals surface area contributed by atoms with Gasteiger partial charge in [0, 0.05) is 16.0 Å². The number of carbonyl (C=O) groups is 2. The molecular formula is C14H13NO4S. The average molecular weight is 291 g/mol. The van der Waals surface area contributed by atoms with Gasteiger partial charge in [-0.3, -0.25) is 4.79 Å². The van der Waals surface area contributed by atoms with E-state index in [4.69, 9.17) is 0 Å². The number of aliphatic carboxylic acids is 1. The van der Waals surface area contributed by atoms with Crippen LogP contribution in [0.2, 0.25) is 0 Å². The SMILES string of the molecule is Cc1c(O)cccc1C(=O)NC(C(=O)O)c1cccs1. The summed E-state index contributed by atoms with van der Waals surface area (Å²) in [5.74, 6) is -1.65. The Labute approximate surface area is 119 Å². The minimum atomic E-state index is -1.13. The number of thiophene rings is 1. The predicted octanol–water partition coefficient (Wildman–Crippen LogP) is 2.32. The van der Waals surface area contributed by atoms with Crippen molar-refractivity contribution in [2.24, 2.45) is 0 Å². The summed E-state index contributed by atoms with van der Waals surface area (Å²) in [6, 6.07) is 6.83. The average Bonchev–Trinajstić information content (AvgIpc) is 2.92. The Morgan fingerprint density at radius 3 is 2.60 bits per heavy atom. The van der Waals surface area contributed by atoms with Crippen molar-refractivity contribution in [2.45, 2.75) is 13.0 Å². The molecule has 0 radical (unpaired) electrons. The molecule has 0 saturated heterocycles. The smallest absolute Gasteiger partial charge is 0.331 e. The molecule has 0 aliphatic carbocycles. The van der Waals surface area contributed by atoms with Crippen LogP contribution in [0.4, 0.5) is 0 Å². The number of phenolic OH excluding ortho intramolecular Hbond substituents is 1. The first-order chi connectivity index (χ1) is 9.50. The van der Waals surface area contributed by atoms with E-state index in [1.165, 1.54) is 29.5 Å². The highest BCUT2D eigenvalue weighted by Gasteiger charge is 2.24. The normalized spacial score (nSPS) is 11.8.